The molecule has 4 heteroatoms. The third kappa shape index (κ3) is 5.33. The molecular weight excluding hydrogens is 378 g/mol. The number of benzene rings is 2. The fourth-order valence-electron chi connectivity index (χ4n) is 2.59. The van der Waals surface area contributed by atoms with Crippen LogP contribution in [-0.4, -0.2) is 23.0 Å². The highest BCUT2D eigenvalue weighted by Gasteiger charge is 2.27. The monoisotopic (exact) mass is 403 g/mol. The lowest BCUT2D eigenvalue weighted by Crippen LogP contribution is -2.47. The number of hydrogen-bond acceptors (Lipinski definition) is 2. The zero-order valence-corrected chi connectivity index (χ0v) is 17.2. The zero-order valence-electron chi connectivity index (χ0n) is 15.6. The highest BCUT2D eigenvalue weighted by Crippen LogP contribution is 2.26. The van der Waals surface area contributed by atoms with Crippen LogP contribution in [0.15, 0.2) is 46.9 Å². The fraction of sp³-hybridized carbons (Fsp3) is 0.381. The largest absolute Gasteiger partial charge is 0.483 e. The van der Waals surface area contributed by atoms with Crippen LogP contribution < -0.4 is 4.74 Å². The fourth-order valence-corrected chi connectivity index (χ4v) is 3.05. The summed E-state index contributed by atoms with van der Waals surface area (Å²) in [6, 6.07) is 14.0. The lowest BCUT2D eigenvalue weighted by Gasteiger charge is -2.36. The van der Waals surface area contributed by atoms with Gasteiger partial charge in [0.1, 0.15) is 5.75 Å². The molecule has 3 nitrogen and oxygen atoms in total. The Kier molecular flexibility index (Phi) is 6.28. The first-order chi connectivity index (χ1) is 11.7. The smallest absolute Gasteiger partial charge is 0.261 e. The molecule has 0 atom stereocenters. The number of ether oxygens (including phenoxy) is 1. The first-order valence-electron chi connectivity index (χ1n) is 8.42. The van der Waals surface area contributed by atoms with Crippen LogP contribution in [0.3, 0.4) is 0 Å². The molecule has 0 fully saturated rings. The van der Waals surface area contributed by atoms with Gasteiger partial charge in [-0.15, -0.1) is 0 Å². The number of hydrogen-bond donors (Lipinski definition) is 0. The Labute approximate surface area is 159 Å². The first-order valence-corrected chi connectivity index (χ1v) is 9.21. The van der Waals surface area contributed by atoms with Crippen LogP contribution in [0.2, 0.25) is 0 Å². The number of carbonyl (C=O) groups excluding carboxylic acids is 1. The summed E-state index contributed by atoms with van der Waals surface area (Å²) in [7, 11) is 0. The van der Waals surface area contributed by atoms with E-state index in [1.165, 1.54) is 0 Å². The van der Waals surface area contributed by atoms with Crippen LogP contribution in [0.1, 0.15) is 37.5 Å². The van der Waals surface area contributed by atoms with Gasteiger partial charge in [-0.25, -0.2) is 0 Å². The van der Waals surface area contributed by atoms with Gasteiger partial charge in [0, 0.05) is 16.6 Å². The van der Waals surface area contributed by atoms with Gasteiger partial charge in [0.15, 0.2) is 6.61 Å². The number of nitrogens with zero attached hydrogens (tertiary/aromatic N) is 1. The van der Waals surface area contributed by atoms with E-state index in [4.69, 9.17) is 4.74 Å². The average molecular weight is 404 g/mol. The lowest BCUT2D eigenvalue weighted by atomic mass is 10.0. The molecule has 0 aromatic heterocycles. The molecule has 0 aliphatic heterocycles. The first kappa shape index (κ1) is 19.5. The van der Waals surface area contributed by atoms with E-state index in [9.17, 15) is 4.79 Å². The van der Waals surface area contributed by atoms with Crippen LogP contribution in [0, 0.1) is 13.8 Å². The molecule has 25 heavy (non-hydrogen) atoms. The van der Waals surface area contributed by atoms with E-state index in [1.54, 1.807) is 0 Å². The molecule has 0 saturated carbocycles. The summed E-state index contributed by atoms with van der Waals surface area (Å²) in [4.78, 5) is 14.7. The number of halogens is 1. The number of carbonyl (C=O) groups is 1. The Bertz CT molecular complexity index is 736. The maximum Gasteiger partial charge on any atom is 0.261 e. The Balaban J connectivity index is 2.11. The van der Waals surface area contributed by atoms with Crippen molar-refractivity contribution in [3.05, 3.63) is 63.6 Å². The zero-order chi connectivity index (χ0) is 18.6. The lowest BCUT2D eigenvalue weighted by molar-refractivity contribution is -0.139. The second-order valence-corrected chi connectivity index (χ2v) is 8.15. The van der Waals surface area contributed by atoms with Gasteiger partial charge >= 0.3 is 0 Å². The molecule has 0 spiro atoms. The van der Waals surface area contributed by atoms with Crippen molar-refractivity contribution in [3.8, 4) is 5.75 Å². The van der Waals surface area contributed by atoms with Gasteiger partial charge in [0.25, 0.3) is 5.91 Å². The van der Waals surface area contributed by atoms with Gasteiger partial charge in [-0.05, 0) is 63.4 Å². The number of aryl methyl sites for hydroxylation is 2. The van der Waals surface area contributed by atoms with Crippen LogP contribution >= 0.6 is 15.9 Å². The van der Waals surface area contributed by atoms with Gasteiger partial charge in [0.2, 0.25) is 0 Å². The SMILES string of the molecule is Cc1cc(OCC(=O)N(Cc2ccccc2)C(C)(C)C)c(C)cc1Br. The van der Waals surface area contributed by atoms with Crippen molar-refractivity contribution in [2.75, 3.05) is 6.61 Å². The van der Waals surface area contributed by atoms with Crippen LogP contribution in [0.4, 0.5) is 0 Å². The summed E-state index contributed by atoms with van der Waals surface area (Å²) in [6.45, 7) is 10.7. The topological polar surface area (TPSA) is 29.5 Å². The average Bonchev–Trinajstić information content (AvgIpc) is 2.54. The molecule has 2 aromatic rings. The predicted octanol–water partition coefficient (Wildman–Crippen LogP) is 5.27. The highest BCUT2D eigenvalue weighted by molar-refractivity contribution is 9.10. The van der Waals surface area contributed by atoms with Crippen LogP contribution in [0.5, 0.6) is 5.75 Å². The van der Waals surface area contributed by atoms with E-state index in [0.29, 0.717) is 6.54 Å². The molecule has 1 amide bonds. The minimum Gasteiger partial charge on any atom is -0.483 e. The molecule has 0 radical (unpaired) electrons. The highest BCUT2D eigenvalue weighted by atomic mass is 79.9. The van der Waals surface area contributed by atoms with Crippen molar-refractivity contribution in [2.45, 2.75) is 46.7 Å². The number of rotatable bonds is 5. The summed E-state index contributed by atoms with van der Waals surface area (Å²) in [5.74, 6) is 0.735. The Morgan fingerprint density at radius 2 is 1.72 bits per heavy atom. The van der Waals surface area contributed by atoms with Crippen molar-refractivity contribution in [2.24, 2.45) is 0 Å². The second-order valence-electron chi connectivity index (χ2n) is 7.29. The Morgan fingerprint density at radius 1 is 1.08 bits per heavy atom. The Hall–Kier alpha value is -1.81. The maximum absolute atomic E-state index is 12.8. The van der Waals surface area contributed by atoms with Gasteiger partial charge in [-0.1, -0.05) is 46.3 Å². The van der Waals surface area contributed by atoms with E-state index >= 15 is 0 Å². The van der Waals surface area contributed by atoms with Gasteiger partial charge in [-0.2, -0.15) is 0 Å². The summed E-state index contributed by atoms with van der Waals surface area (Å²) >= 11 is 3.52. The third-order valence-electron chi connectivity index (χ3n) is 4.10. The Morgan fingerprint density at radius 3 is 2.32 bits per heavy atom. The van der Waals surface area contributed by atoms with Crippen molar-refractivity contribution < 1.29 is 9.53 Å². The van der Waals surface area contributed by atoms with E-state index in [0.717, 1.165) is 26.9 Å². The van der Waals surface area contributed by atoms with E-state index in [-0.39, 0.29) is 18.1 Å². The van der Waals surface area contributed by atoms with Crippen molar-refractivity contribution in [3.63, 3.8) is 0 Å². The van der Waals surface area contributed by atoms with E-state index in [2.05, 4.69) is 15.9 Å². The molecule has 0 saturated heterocycles. The summed E-state index contributed by atoms with van der Waals surface area (Å²) in [5.41, 5.74) is 2.93. The molecule has 0 unspecified atom stereocenters. The standard InChI is InChI=1S/C21H26BrNO2/c1-15-12-19(16(2)11-18(15)22)25-14-20(24)23(21(3,4)5)13-17-9-7-6-8-10-17/h6-12H,13-14H2,1-5H3. The van der Waals surface area contributed by atoms with Crippen LogP contribution in [-0.2, 0) is 11.3 Å². The molecule has 134 valence electrons. The van der Waals surface area contributed by atoms with E-state index in [1.807, 2.05) is 82.0 Å². The van der Waals surface area contributed by atoms with Gasteiger partial charge in [-0.3, -0.25) is 4.79 Å². The maximum atomic E-state index is 12.8. The minimum absolute atomic E-state index is 0.0173. The van der Waals surface area contributed by atoms with Crippen molar-refractivity contribution in [1.82, 2.24) is 4.90 Å². The molecule has 0 heterocycles. The molecular formula is C21H26BrNO2. The molecule has 0 N–H and O–H groups in total. The quantitative estimate of drug-likeness (QED) is 0.679. The van der Waals surface area contributed by atoms with Crippen molar-refractivity contribution in [1.29, 1.82) is 0 Å². The normalized spacial score (nSPS) is 11.3. The molecule has 0 aliphatic carbocycles. The van der Waals surface area contributed by atoms with Gasteiger partial charge in [0.05, 0.1) is 0 Å². The molecule has 0 bridgehead atoms. The minimum atomic E-state index is -0.277. The summed E-state index contributed by atoms with van der Waals surface area (Å²) in [5, 5.41) is 0. The number of amides is 1. The molecule has 2 rings (SSSR count). The summed E-state index contributed by atoms with van der Waals surface area (Å²) < 4.78 is 6.88. The second kappa shape index (κ2) is 8.05. The van der Waals surface area contributed by atoms with Crippen molar-refractivity contribution >= 4 is 21.8 Å². The van der Waals surface area contributed by atoms with Gasteiger partial charge < -0.3 is 9.64 Å². The van der Waals surface area contributed by atoms with E-state index < -0.39 is 0 Å². The van der Waals surface area contributed by atoms with Crippen LogP contribution in [0.25, 0.3) is 0 Å². The summed E-state index contributed by atoms with van der Waals surface area (Å²) in [6.07, 6.45) is 0. The molecule has 2 aromatic carbocycles. The molecule has 0 aliphatic rings. The third-order valence-corrected chi connectivity index (χ3v) is 4.96. The predicted molar refractivity (Wildman–Crippen MR) is 106 cm³/mol.